The van der Waals surface area contributed by atoms with Gasteiger partial charge in [-0.05, 0) is 38.1 Å². The van der Waals surface area contributed by atoms with Crippen LogP contribution in [-0.4, -0.2) is 50.5 Å². The third kappa shape index (κ3) is 3.91. The van der Waals surface area contributed by atoms with E-state index in [9.17, 15) is 9.18 Å². The van der Waals surface area contributed by atoms with Gasteiger partial charge in [0.1, 0.15) is 29.1 Å². The molecule has 0 aliphatic heterocycles. The number of nitrogens with zero attached hydrogens (tertiary/aromatic N) is 7. The van der Waals surface area contributed by atoms with Crippen molar-refractivity contribution in [2.75, 3.05) is 18.5 Å². The number of rotatable bonds is 6. The van der Waals surface area contributed by atoms with Gasteiger partial charge < -0.3 is 9.80 Å². The van der Waals surface area contributed by atoms with Gasteiger partial charge in [-0.15, -0.1) is 0 Å². The first-order chi connectivity index (χ1) is 14.0. The van der Waals surface area contributed by atoms with Gasteiger partial charge in [0.05, 0.1) is 24.0 Å². The van der Waals surface area contributed by atoms with Crippen LogP contribution in [-0.2, 0) is 0 Å². The summed E-state index contributed by atoms with van der Waals surface area (Å²) in [5.41, 5.74) is 0.618. The van der Waals surface area contributed by atoms with Crippen LogP contribution in [0.4, 0.5) is 10.2 Å². The molecule has 1 aromatic carbocycles. The number of halogens is 1. The van der Waals surface area contributed by atoms with Gasteiger partial charge in [-0.1, -0.05) is 6.07 Å². The van der Waals surface area contributed by atoms with E-state index in [2.05, 4.69) is 21.3 Å². The molecule has 1 atom stereocenters. The Bertz CT molecular complexity index is 1050. The summed E-state index contributed by atoms with van der Waals surface area (Å²) >= 11 is 0. The molecule has 0 aliphatic carbocycles. The molecular weight excluding hydrogens is 373 g/mol. The highest BCUT2D eigenvalue weighted by Crippen LogP contribution is 2.22. The van der Waals surface area contributed by atoms with Gasteiger partial charge >= 0.3 is 0 Å². The molecule has 29 heavy (non-hydrogen) atoms. The summed E-state index contributed by atoms with van der Waals surface area (Å²) in [6.07, 6.45) is 4.00. The molecule has 0 aliphatic rings. The molecule has 0 radical (unpaired) electrons. The van der Waals surface area contributed by atoms with Crippen LogP contribution in [0.2, 0.25) is 0 Å². The van der Waals surface area contributed by atoms with E-state index in [4.69, 9.17) is 5.26 Å². The van der Waals surface area contributed by atoms with Crippen molar-refractivity contribution in [3.8, 4) is 11.8 Å². The number of hydrogen-bond donors (Lipinski definition) is 0. The number of hydrogen-bond acceptors (Lipinski definition) is 6. The SMILES string of the molecule is CCN(C(=O)c1c(F)cccc1-n1nccn1)C(C)N(C)c1cc(C#N)ccn1. The number of amides is 1. The molecule has 0 saturated heterocycles. The molecule has 9 heteroatoms. The lowest BCUT2D eigenvalue weighted by Gasteiger charge is -2.35. The Balaban J connectivity index is 1.96. The number of pyridine rings is 1. The second-order valence-corrected chi connectivity index (χ2v) is 6.30. The van der Waals surface area contributed by atoms with Crippen LogP contribution in [0.3, 0.4) is 0 Å². The van der Waals surface area contributed by atoms with Crippen molar-refractivity contribution in [2.24, 2.45) is 0 Å². The van der Waals surface area contributed by atoms with Crippen LogP contribution >= 0.6 is 0 Å². The third-order valence-corrected chi connectivity index (χ3v) is 4.69. The lowest BCUT2D eigenvalue weighted by atomic mass is 10.1. The first-order valence-electron chi connectivity index (χ1n) is 9.03. The number of carbonyl (C=O) groups is 1. The molecule has 2 heterocycles. The van der Waals surface area contributed by atoms with Crippen molar-refractivity contribution in [2.45, 2.75) is 20.0 Å². The maximum Gasteiger partial charge on any atom is 0.260 e. The molecule has 0 bridgehead atoms. The van der Waals surface area contributed by atoms with E-state index in [0.717, 1.165) is 0 Å². The molecule has 2 aromatic heterocycles. The first kappa shape index (κ1) is 19.9. The Kier molecular flexibility index (Phi) is 5.83. The van der Waals surface area contributed by atoms with E-state index in [-0.39, 0.29) is 11.3 Å². The largest absolute Gasteiger partial charge is 0.339 e. The fraction of sp³-hybridized carbons (Fsp3) is 0.250. The Labute approximate surface area is 167 Å². The van der Waals surface area contributed by atoms with Gasteiger partial charge in [-0.2, -0.15) is 20.3 Å². The number of nitriles is 1. The molecule has 0 spiro atoms. The predicted octanol–water partition coefficient (Wildman–Crippen LogP) is 2.62. The summed E-state index contributed by atoms with van der Waals surface area (Å²) in [6, 6.07) is 9.65. The van der Waals surface area contributed by atoms with Crippen LogP contribution in [0.15, 0.2) is 48.9 Å². The normalized spacial score (nSPS) is 11.6. The molecule has 0 N–H and O–H groups in total. The quantitative estimate of drug-likeness (QED) is 0.598. The summed E-state index contributed by atoms with van der Waals surface area (Å²) in [6.45, 7) is 3.96. The van der Waals surface area contributed by atoms with Gasteiger partial charge in [-0.3, -0.25) is 4.79 Å². The highest BCUT2D eigenvalue weighted by Gasteiger charge is 2.28. The number of aromatic nitrogens is 4. The Morgan fingerprint density at radius 1 is 1.28 bits per heavy atom. The van der Waals surface area contributed by atoms with Gasteiger partial charge in [0.15, 0.2) is 0 Å². The maximum absolute atomic E-state index is 14.7. The smallest absolute Gasteiger partial charge is 0.260 e. The van der Waals surface area contributed by atoms with Crippen LogP contribution in [0, 0.1) is 17.1 Å². The van der Waals surface area contributed by atoms with E-state index in [0.29, 0.717) is 17.9 Å². The van der Waals surface area contributed by atoms with Gasteiger partial charge in [0.25, 0.3) is 5.91 Å². The van der Waals surface area contributed by atoms with Crippen LogP contribution < -0.4 is 4.90 Å². The number of anilines is 1. The zero-order valence-electron chi connectivity index (χ0n) is 16.3. The fourth-order valence-electron chi connectivity index (χ4n) is 3.03. The molecule has 0 fully saturated rings. The molecule has 3 rings (SSSR count). The summed E-state index contributed by atoms with van der Waals surface area (Å²) < 4.78 is 14.7. The molecule has 1 unspecified atom stereocenters. The Hall–Kier alpha value is -3.80. The average molecular weight is 393 g/mol. The molecular formula is C20H20FN7O. The first-order valence-corrected chi connectivity index (χ1v) is 9.03. The predicted molar refractivity (Wildman–Crippen MR) is 105 cm³/mol. The summed E-state index contributed by atoms with van der Waals surface area (Å²) in [4.78, 5) is 22.1. The lowest BCUT2D eigenvalue weighted by molar-refractivity contribution is 0.0698. The second-order valence-electron chi connectivity index (χ2n) is 6.30. The van der Waals surface area contributed by atoms with Crippen molar-refractivity contribution in [1.29, 1.82) is 5.26 Å². The van der Waals surface area contributed by atoms with E-state index in [1.807, 2.05) is 13.8 Å². The third-order valence-electron chi connectivity index (χ3n) is 4.69. The van der Waals surface area contributed by atoms with Gasteiger partial charge in [0, 0.05) is 19.8 Å². The monoisotopic (exact) mass is 393 g/mol. The van der Waals surface area contributed by atoms with Crippen molar-refractivity contribution >= 4 is 11.7 Å². The standard InChI is InChI=1S/C20H20FN7O/c1-4-27(14(2)26(3)18-12-15(13-22)8-9-23-18)20(29)19-16(21)6-5-7-17(19)28-24-10-11-25-28/h5-12,14H,4H2,1-3H3. The molecule has 0 saturated carbocycles. The van der Waals surface area contributed by atoms with Gasteiger partial charge in [-0.25, -0.2) is 9.37 Å². The van der Waals surface area contributed by atoms with Crippen molar-refractivity contribution in [3.05, 3.63) is 65.9 Å². The zero-order valence-corrected chi connectivity index (χ0v) is 16.3. The summed E-state index contributed by atoms with van der Waals surface area (Å²) in [5, 5.41) is 17.1. The molecule has 1 amide bonds. The number of carbonyl (C=O) groups excluding carboxylic acids is 1. The minimum Gasteiger partial charge on any atom is -0.339 e. The lowest BCUT2D eigenvalue weighted by Crippen LogP contribution is -2.48. The van der Waals surface area contributed by atoms with E-state index in [1.165, 1.54) is 40.4 Å². The zero-order chi connectivity index (χ0) is 21.0. The highest BCUT2D eigenvalue weighted by atomic mass is 19.1. The average Bonchev–Trinajstić information content (AvgIpc) is 3.28. The van der Waals surface area contributed by atoms with Crippen molar-refractivity contribution in [3.63, 3.8) is 0 Å². The summed E-state index contributed by atoms with van der Waals surface area (Å²) in [5.74, 6) is -0.610. The fourth-order valence-corrected chi connectivity index (χ4v) is 3.03. The Morgan fingerprint density at radius 3 is 2.66 bits per heavy atom. The molecule has 8 nitrogen and oxygen atoms in total. The number of benzene rings is 1. The minimum absolute atomic E-state index is 0.107. The Morgan fingerprint density at radius 2 is 2.00 bits per heavy atom. The highest BCUT2D eigenvalue weighted by molar-refractivity contribution is 5.98. The second kappa shape index (κ2) is 8.48. The topological polar surface area (TPSA) is 90.9 Å². The maximum atomic E-state index is 14.7. The van der Waals surface area contributed by atoms with Crippen LogP contribution in [0.5, 0.6) is 0 Å². The summed E-state index contributed by atoms with van der Waals surface area (Å²) in [7, 11) is 1.77. The van der Waals surface area contributed by atoms with E-state index in [1.54, 1.807) is 30.1 Å². The van der Waals surface area contributed by atoms with Crippen LogP contribution in [0.1, 0.15) is 29.8 Å². The van der Waals surface area contributed by atoms with E-state index >= 15 is 0 Å². The molecule has 148 valence electrons. The van der Waals surface area contributed by atoms with E-state index < -0.39 is 17.9 Å². The van der Waals surface area contributed by atoms with Gasteiger partial charge in [0.2, 0.25) is 0 Å². The van der Waals surface area contributed by atoms with Crippen molar-refractivity contribution < 1.29 is 9.18 Å². The molecule has 3 aromatic rings. The van der Waals surface area contributed by atoms with Crippen LogP contribution in [0.25, 0.3) is 5.69 Å². The van der Waals surface area contributed by atoms with Crippen molar-refractivity contribution in [1.82, 2.24) is 24.9 Å². The minimum atomic E-state index is -0.650.